The lowest BCUT2D eigenvalue weighted by Crippen LogP contribution is -2.16. The van der Waals surface area contributed by atoms with Crippen LogP contribution in [-0.4, -0.2) is 30.8 Å². The Labute approximate surface area is 344 Å². The van der Waals surface area contributed by atoms with Gasteiger partial charge in [0.05, 0.1) is 39.9 Å². The highest BCUT2D eigenvalue weighted by Gasteiger charge is 2.26. The van der Waals surface area contributed by atoms with E-state index in [0.29, 0.717) is 5.56 Å². The summed E-state index contributed by atoms with van der Waals surface area (Å²) in [6.07, 6.45) is 7.39. The standard InChI is InChI=1S/C52H60N4O2/c1-29(57)41-27-39-25-37-16-18-44(54-37)46(32-21-35(51(9,10)11)24-36(22-32)52(12,13)14)48-42(30(2)58)28-40(56-48)26-38-15-17-43(53-38)45(47(41)55-39)31-19-33(49(3,4)5)23-34(20-31)50(6,7)8/h15-29,55-57H,1-14H3. The SMILES string of the molecule is CC(=O)c1cc2cc3nc(c(-c4cc(C(C)(C)C)cc(C(C)(C)C)c4)c4[nH]c(cc5nc(c(-c6cc(C(C)(C)C)cc(C(C)(C)C)c6)c1[nH]2)C=C5)cc4C(C)O)C=C3. The molecule has 8 bridgehead atoms. The Bertz CT molecular complexity index is 2640. The molecule has 0 saturated heterocycles. The van der Waals surface area contributed by atoms with Crippen LogP contribution in [-0.2, 0) is 21.7 Å². The summed E-state index contributed by atoms with van der Waals surface area (Å²) in [4.78, 5) is 31.5. The summed E-state index contributed by atoms with van der Waals surface area (Å²) in [5.74, 6) is -0.0351. The number of nitrogens with zero attached hydrogens (tertiary/aromatic N) is 2. The summed E-state index contributed by atoms with van der Waals surface area (Å²) in [7, 11) is 0. The Morgan fingerprint density at radius 2 is 0.914 bits per heavy atom. The first-order chi connectivity index (χ1) is 26.9. The van der Waals surface area contributed by atoms with Crippen molar-refractivity contribution in [3.8, 4) is 22.3 Å². The van der Waals surface area contributed by atoms with Crippen molar-refractivity contribution in [1.82, 2.24) is 19.9 Å². The van der Waals surface area contributed by atoms with Gasteiger partial charge in [0.15, 0.2) is 5.78 Å². The molecule has 0 radical (unpaired) electrons. The Balaban J connectivity index is 1.65. The van der Waals surface area contributed by atoms with Crippen LogP contribution in [0, 0.1) is 0 Å². The number of aliphatic hydroxyl groups is 1. The number of H-pyrrole nitrogens is 2. The summed E-state index contributed by atoms with van der Waals surface area (Å²) in [6.45, 7) is 30.3. The maximum atomic E-state index is 13.6. The molecule has 0 amide bonds. The fraction of sp³-hybridized carbons (Fsp3) is 0.365. The number of ketones is 1. The molecule has 0 saturated carbocycles. The molecule has 6 heteroatoms. The number of rotatable bonds is 4. The van der Waals surface area contributed by atoms with E-state index >= 15 is 0 Å². The number of benzene rings is 2. The number of nitrogens with one attached hydrogen (secondary N) is 2. The van der Waals surface area contributed by atoms with E-state index in [2.05, 4.69) is 136 Å². The molecule has 1 unspecified atom stereocenters. The number of Topliss-reactive ketones (excluding diaryl/α,β-unsaturated/α-hetero) is 1. The van der Waals surface area contributed by atoms with Gasteiger partial charge >= 0.3 is 0 Å². The van der Waals surface area contributed by atoms with Crippen molar-refractivity contribution in [3.05, 3.63) is 117 Å². The van der Waals surface area contributed by atoms with Gasteiger partial charge in [0.1, 0.15) is 0 Å². The van der Waals surface area contributed by atoms with Crippen molar-refractivity contribution in [3.63, 3.8) is 0 Å². The average Bonchev–Trinajstić information content (AvgIpc) is 3.92. The molecule has 300 valence electrons. The smallest absolute Gasteiger partial charge is 0.161 e. The number of hydrogen-bond donors (Lipinski definition) is 3. The second-order valence-corrected chi connectivity index (χ2v) is 20.4. The van der Waals surface area contributed by atoms with E-state index in [4.69, 9.17) is 9.97 Å². The van der Waals surface area contributed by atoms with Crippen molar-refractivity contribution < 1.29 is 9.90 Å². The minimum atomic E-state index is -0.753. The summed E-state index contributed by atoms with van der Waals surface area (Å²) in [5, 5.41) is 11.4. The molecule has 2 aromatic carbocycles. The predicted molar refractivity (Wildman–Crippen MR) is 245 cm³/mol. The van der Waals surface area contributed by atoms with Crippen molar-refractivity contribution in [2.75, 3.05) is 0 Å². The molecule has 3 aromatic heterocycles. The average molecular weight is 773 g/mol. The van der Waals surface area contributed by atoms with Crippen LogP contribution in [0.1, 0.15) is 164 Å². The van der Waals surface area contributed by atoms with E-state index in [9.17, 15) is 9.90 Å². The van der Waals surface area contributed by atoms with Gasteiger partial charge in [-0.05, 0) is 117 Å². The van der Waals surface area contributed by atoms with Gasteiger partial charge in [-0.2, -0.15) is 0 Å². The molecule has 0 aliphatic carbocycles. The van der Waals surface area contributed by atoms with Crippen molar-refractivity contribution in [1.29, 1.82) is 0 Å². The van der Waals surface area contributed by atoms with E-state index in [1.165, 1.54) is 22.3 Å². The lowest BCUT2D eigenvalue weighted by atomic mass is 9.78. The summed E-state index contributed by atoms with van der Waals surface area (Å²) < 4.78 is 0. The highest BCUT2D eigenvalue weighted by Crippen LogP contribution is 2.41. The second-order valence-electron chi connectivity index (χ2n) is 20.4. The first-order valence-electron chi connectivity index (χ1n) is 20.6. The number of aromatic amines is 2. The van der Waals surface area contributed by atoms with Crippen molar-refractivity contribution in [2.24, 2.45) is 0 Å². The quantitative estimate of drug-likeness (QED) is 0.155. The van der Waals surface area contributed by atoms with Gasteiger partial charge in [0, 0.05) is 33.3 Å². The number of carbonyl (C=O) groups excluding carboxylic acids is 1. The van der Waals surface area contributed by atoms with Gasteiger partial charge in [-0.25, -0.2) is 9.97 Å². The monoisotopic (exact) mass is 772 g/mol. The first-order valence-corrected chi connectivity index (χ1v) is 20.6. The van der Waals surface area contributed by atoms with Crippen LogP contribution in [0.3, 0.4) is 0 Å². The summed E-state index contributed by atoms with van der Waals surface area (Å²) in [6, 6.07) is 21.7. The number of aliphatic hydroxyl groups excluding tert-OH is 1. The van der Waals surface area contributed by atoms with Gasteiger partial charge in [-0.1, -0.05) is 119 Å². The molecule has 0 fully saturated rings. The topological polar surface area (TPSA) is 94.7 Å². The lowest BCUT2D eigenvalue weighted by molar-refractivity contribution is 0.101. The number of fused-ring (bicyclic) bond motifs is 8. The molecule has 7 rings (SSSR count). The molecule has 58 heavy (non-hydrogen) atoms. The van der Waals surface area contributed by atoms with E-state index < -0.39 is 6.10 Å². The van der Waals surface area contributed by atoms with E-state index in [1.54, 1.807) is 6.92 Å². The Morgan fingerprint density at radius 1 is 0.534 bits per heavy atom. The zero-order chi connectivity index (χ0) is 42.3. The third-order valence-corrected chi connectivity index (χ3v) is 11.4. The summed E-state index contributed by atoms with van der Waals surface area (Å²) in [5.41, 5.74) is 15.8. The third-order valence-electron chi connectivity index (χ3n) is 11.4. The van der Waals surface area contributed by atoms with E-state index in [1.807, 2.05) is 49.4 Å². The van der Waals surface area contributed by atoms with Crippen LogP contribution in [0.15, 0.2) is 60.7 Å². The van der Waals surface area contributed by atoms with Crippen LogP contribution >= 0.6 is 0 Å². The molecular formula is C52H60N4O2. The molecule has 2 aliphatic rings. The van der Waals surface area contributed by atoms with Crippen molar-refractivity contribution >= 4 is 52.2 Å². The molecule has 2 aliphatic heterocycles. The molecular weight excluding hydrogens is 713 g/mol. The Morgan fingerprint density at radius 3 is 1.29 bits per heavy atom. The maximum absolute atomic E-state index is 13.6. The zero-order valence-electron chi connectivity index (χ0n) is 36.9. The van der Waals surface area contributed by atoms with E-state index in [-0.39, 0.29) is 27.4 Å². The second kappa shape index (κ2) is 14.2. The molecule has 5 aromatic rings. The normalized spacial score (nSPS) is 14.0. The Hall–Kier alpha value is -5.33. The van der Waals surface area contributed by atoms with Crippen LogP contribution in [0.4, 0.5) is 0 Å². The fourth-order valence-corrected chi connectivity index (χ4v) is 7.76. The van der Waals surface area contributed by atoms with Gasteiger partial charge in [0.2, 0.25) is 0 Å². The zero-order valence-corrected chi connectivity index (χ0v) is 36.9. The van der Waals surface area contributed by atoms with Crippen molar-refractivity contribution in [2.45, 2.75) is 125 Å². The molecule has 6 nitrogen and oxygen atoms in total. The number of carbonyl (C=O) groups is 1. The van der Waals surface area contributed by atoms with Gasteiger partial charge in [-0.3, -0.25) is 4.79 Å². The number of hydrogen-bond acceptors (Lipinski definition) is 4. The van der Waals surface area contributed by atoms with Gasteiger partial charge in [-0.15, -0.1) is 0 Å². The highest BCUT2D eigenvalue weighted by atomic mass is 16.3. The van der Waals surface area contributed by atoms with Crippen LogP contribution in [0.5, 0.6) is 0 Å². The minimum absolute atomic E-state index is 0.0351. The van der Waals surface area contributed by atoms with Gasteiger partial charge in [0.25, 0.3) is 0 Å². The molecule has 0 spiro atoms. The molecule has 1 atom stereocenters. The largest absolute Gasteiger partial charge is 0.389 e. The third kappa shape index (κ3) is 8.04. The van der Waals surface area contributed by atoms with E-state index in [0.717, 1.165) is 72.7 Å². The predicted octanol–water partition coefficient (Wildman–Crippen LogP) is 13.4. The highest BCUT2D eigenvalue weighted by molar-refractivity contribution is 6.08. The van der Waals surface area contributed by atoms with Crippen LogP contribution in [0.2, 0.25) is 0 Å². The van der Waals surface area contributed by atoms with Crippen LogP contribution < -0.4 is 0 Å². The Kier molecular flexibility index (Phi) is 10.00. The number of aromatic nitrogens is 4. The lowest BCUT2D eigenvalue weighted by Gasteiger charge is -2.26. The summed E-state index contributed by atoms with van der Waals surface area (Å²) >= 11 is 0. The fourth-order valence-electron chi connectivity index (χ4n) is 7.76. The maximum Gasteiger partial charge on any atom is 0.161 e. The van der Waals surface area contributed by atoms with Crippen LogP contribution in [0.25, 0.3) is 68.6 Å². The first kappa shape index (κ1) is 40.9. The molecule has 5 heterocycles. The molecule has 3 N–H and O–H groups in total. The minimum Gasteiger partial charge on any atom is -0.389 e. The van der Waals surface area contributed by atoms with Gasteiger partial charge < -0.3 is 15.1 Å².